The molecule has 0 unspecified atom stereocenters. The molecule has 0 saturated carbocycles. The van der Waals surface area contributed by atoms with Gasteiger partial charge < -0.3 is 19.3 Å². The molecule has 0 heterocycles. The van der Waals surface area contributed by atoms with Crippen LogP contribution >= 0.6 is 0 Å². The van der Waals surface area contributed by atoms with Crippen LogP contribution in [0.15, 0.2) is 18.2 Å². The molecular formula is C17H24O4. The van der Waals surface area contributed by atoms with Crippen LogP contribution in [0, 0.1) is 18.8 Å². The van der Waals surface area contributed by atoms with Crippen molar-refractivity contribution in [3.63, 3.8) is 0 Å². The second-order valence-corrected chi connectivity index (χ2v) is 4.58. The summed E-state index contributed by atoms with van der Waals surface area (Å²) >= 11 is 0. The van der Waals surface area contributed by atoms with Gasteiger partial charge in [0.2, 0.25) is 0 Å². The van der Waals surface area contributed by atoms with Crippen LogP contribution in [0.2, 0.25) is 0 Å². The van der Waals surface area contributed by atoms with Crippen molar-refractivity contribution < 1.29 is 19.3 Å². The van der Waals surface area contributed by atoms with E-state index in [4.69, 9.17) is 19.3 Å². The number of methoxy groups -OCH3 is 1. The van der Waals surface area contributed by atoms with Crippen LogP contribution in [0.3, 0.4) is 0 Å². The molecule has 0 aliphatic carbocycles. The van der Waals surface area contributed by atoms with E-state index in [-0.39, 0.29) is 6.61 Å². The predicted octanol–water partition coefficient (Wildman–Crippen LogP) is 2.16. The van der Waals surface area contributed by atoms with Crippen molar-refractivity contribution in [2.45, 2.75) is 19.8 Å². The van der Waals surface area contributed by atoms with Crippen molar-refractivity contribution in [1.82, 2.24) is 0 Å². The first-order chi connectivity index (χ1) is 10.3. The van der Waals surface area contributed by atoms with Crippen molar-refractivity contribution in [3.8, 4) is 17.6 Å². The molecule has 21 heavy (non-hydrogen) atoms. The normalized spacial score (nSPS) is 10.0. The largest absolute Gasteiger partial charge is 0.492 e. The lowest BCUT2D eigenvalue weighted by Crippen LogP contribution is -2.07. The smallest absolute Gasteiger partial charge is 0.134 e. The van der Waals surface area contributed by atoms with E-state index in [0.717, 1.165) is 23.3 Å². The number of aryl methyl sites for hydroxylation is 1. The van der Waals surface area contributed by atoms with Gasteiger partial charge in [0.1, 0.15) is 5.75 Å². The van der Waals surface area contributed by atoms with Gasteiger partial charge in [0.25, 0.3) is 0 Å². The Bertz CT molecular complexity index is 460. The van der Waals surface area contributed by atoms with Gasteiger partial charge in [-0.25, -0.2) is 0 Å². The molecule has 116 valence electrons. The van der Waals surface area contributed by atoms with Crippen molar-refractivity contribution in [2.75, 3.05) is 40.1 Å². The lowest BCUT2D eigenvalue weighted by Gasteiger charge is -2.09. The average Bonchev–Trinajstić information content (AvgIpc) is 2.48. The van der Waals surface area contributed by atoms with E-state index < -0.39 is 0 Å². The maximum absolute atomic E-state index is 8.77. The van der Waals surface area contributed by atoms with Gasteiger partial charge in [0.15, 0.2) is 0 Å². The van der Waals surface area contributed by atoms with Crippen molar-refractivity contribution >= 4 is 0 Å². The summed E-state index contributed by atoms with van der Waals surface area (Å²) < 4.78 is 16.0. The second-order valence-electron chi connectivity index (χ2n) is 4.58. The van der Waals surface area contributed by atoms with Crippen LogP contribution < -0.4 is 4.74 Å². The molecule has 0 aromatic heterocycles. The predicted molar refractivity (Wildman–Crippen MR) is 82.6 cm³/mol. The molecule has 1 aromatic carbocycles. The topological polar surface area (TPSA) is 47.9 Å². The standard InChI is InChI=1S/C17H24O4/c1-15-7-8-17(16(14-15)6-3-4-9-18)21-11-5-10-20-13-12-19-2/h7-8,14,18H,4-5,9-13H2,1-2H3. The quantitative estimate of drug-likeness (QED) is 0.560. The number of aliphatic hydroxyl groups is 1. The van der Waals surface area contributed by atoms with Crippen molar-refractivity contribution in [2.24, 2.45) is 0 Å². The zero-order chi connectivity index (χ0) is 15.3. The summed E-state index contributed by atoms with van der Waals surface area (Å²) in [6, 6.07) is 5.93. The Morgan fingerprint density at radius 3 is 2.76 bits per heavy atom. The highest BCUT2D eigenvalue weighted by Gasteiger charge is 2.01. The Hall–Kier alpha value is -1.54. The van der Waals surface area contributed by atoms with Crippen LogP contribution in [0.25, 0.3) is 0 Å². The van der Waals surface area contributed by atoms with Gasteiger partial charge in [-0.2, -0.15) is 0 Å². The number of hydrogen-bond acceptors (Lipinski definition) is 4. The summed E-state index contributed by atoms with van der Waals surface area (Å²) in [7, 11) is 1.66. The number of hydrogen-bond donors (Lipinski definition) is 1. The lowest BCUT2D eigenvalue weighted by molar-refractivity contribution is 0.0644. The summed E-state index contributed by atoms with van der Waals surface area (Å²) in [5.41, 5.74) is 2.00. The van der Waals surface area contributed by atoms with E-state index in [0.29, 0.717) is 32.8 Å². The third-order valence-electron chi connectivity index (χ3n) is 2.72. The molecule has 4 heteroatoms. The second kappa shape index (κ2) is 11.2. The molecule has 0 radical (unpaired) electrons. The number of ether oxygens (including phenoxy) is 3. The fourth-order valence-electron chi connectivity index (χ4n) is 1.67. The summed E-state index contributed by atoms with van der Waals surface area (Å²) in [5, 5.41) is 8.77. The van der Waals surface area contributed by atoms with E-state index in [2.05, 4.69) is 11.8 Å². The summed E-state index contributed by atoms with van der Waals surface area (Å²) in [4.78, 5) is 0. The van der Waals surface area contributed by atoms with Gasteiger partial charge >= 0.3 is 0 Å². The van der Waals surface area contributed by atoms with Crippen molar-refractivity contribution in [3.05, 3.63) is 29.3 Å². The highest BCUT2D eigenvalue weighted by Crippen LogP contribution is 2.19. The molecular weight excluding hydrogens is 268 g/mol. The van der Waals surface area contributed by atoms with Crippen LogP contribution in [0.1, 0.15) is 24.0 Å². The molecule has 1 N–H and O–H groups in total. The maximum Gasteiger partial charge on any atom is 0.134 e. The Kier molecular flexibility index (Phi) is 9.30. The van der Waals surface area contributed by atoms with Crippen LogP contribution in [-0.4, -0.2) is 45.3 Å². The van der Waals surface area contributed by atoms with Gasteiger partial charge in [-0.3, -0.25) is 0 Å². The molecule has 0 spiro atoms. The van der Waals surface area contributed by atoms with Gasteiger partial charge in [-0.15, -0.1) is 0 Å². The first kappa shape index (κ1) is 17.5. The molecule has 0 saturated heterocycles. The molecule has 0 atom stereocenters. The zero-order valence-electron chi connectivity index (χ0n) is 12.9. The van der Waals surface area contributed by atoms with Gasteiger partial charge in [-0.1, -0.05) is 17.9 Å². The first-order valence-electron chi connectivity index (χ1n) is 7.17. The van der Waals surface area contributed by atoms with E-state index in [1.165, 1.54) is 0 Å². The van der Waals surface area contributed by atoms with Crippen molar-refractivity contribution in [1.29, 1.82) is 0 Å². The third-order valence-corrected chi connectivity index (χ3v) is 2.72. The van der Waals surface area contributed by atoms with Gasteiger partial charge in [0.05, 0.1) is 32.0 Å². The van der Waals surface area contributed by atoms with Crippen LogP contribution in [0.5, 0.6) is 5.75 Å². The number of aliphatic hydroxyl groups excluding tert-OH is 1. The molecule has 4 nitrogen and oxygen atoms in total. The fourth-order valence-corrected chi connectivity index (χ4v) is 1.67. The minimum absolute atomic E-state index is 0.0772. The third kappa shape index (κ3) is 7.72. The molecule has 0 amide bonds. The molecule has 0 aliphatic rings. The Balaban J connectivity index is 2.42. The van der Waals surface area contributed by atoms with E-state index in [1.54, 1.807) is 7.11 Å². The zero-order valence-corrected chi connectivity index (χ0v) is 12.9. The Labute approximate surface area is 127 Å². The highest BCUT2D eigenvalue weighted by atomic mass is 16.5. The molecule has 0 fully saturated rings. The summed E-state index contributed by atoms with van der Waals surface area (Å²) in [5.74, 6) is 6.75. The molecule has 0 bridgehead atoms. The van der Waals surface area contributed by atoms with Gasteiger partial charge in [-0.05, 0) is 24.6 Å². The molecule has 0 aliphatic heterocycles. The van der Waals surface area contributed by atoms with Crippen LogP contribution in [0.4, 0.5) is 0 Å². The number of benzene rings is 1. The Morgan fingerprint density at radius 1 is 1.14 bits per heavy atom. The Morgan fingerprint density at radius 2 is 2.00 bits per heavy atom. The summed E-state index contributed by atoms with van der Waals surface area (Å²) in [6.45, 7) is 4.56. The summed E-state index contributed by atoms with van der Waals surface area (Å²) in [6.07, 6.45) is 1.29. The minimum Gasteiger partial charge on any atom is -0.492 e. The highest BCUT2D eigenvalue weighted by molar-refractivity contribution is 5.48. The SMILES string of the molecule is COCCOCCCOc1ccc(C)cc1C#CCCO. The van der Waals surface area contributed by atoms with Gasteiger partial charge in [0, 0.05) is 26.6 Å². The minimum atomic E-state index is 0.0772. The molecule has 1 aromatic rings. The maximum atomic E-state index is 8.77. The molecule has 1 rings (SSSR count). The van der Waals surface area contributed by atoms with E-state index in [9.17, 15) is 0 Å². The lowest BCUT2D eigenvalue weighted by atomic mass is 10.1. The van der Waals surface area contributed by atoms with Crippen LogP contribution in [-0.2, 0) is 9.47 Å². The first-order valence-corrected chi connectivity index (χ1v) is 7.17. The van der Waals surface area contributed by atoms with E-state index in [1.807, 2.05) is 25.1 Å². The average molecular weight is 292 g/mol. The van der Waals surface area contributed by atoms with E-state index >= 15 is 0 Å². The number of rotatable bonds is 9. The fraction of sp³-hybridized carbons (Fsp3) is 0.529. The monoisotopic (exact) mass is 292 g/mol.